The van der Waals surface area contributed by atoms with Crippen molar-refractivity contribution in [2.45, 2.75) is 22.8 Å². The van der Waals surface area contributed by atoms with Crippen molar-refractivity contribution in [1.29, 1.82) is 0 Å². The third kappa shape index (κ3) is 4.44. The summed E-state index contributed by atoms with van der Waals surface area (Å²) in [6.07, 6.45) is 0. The van der Waals surface area contributed by atoms with Gasteiger partial charge in [-0.25, -0.2) is 8.42 Å². The van der Waals surface area contributed by atoms with Crippen LogP contribution >= 0.6 is 0 Å². The number of nitrogens with zero attached hydrogens (tertiary/aromatic N) is 1. The lowest BCUT2D eigenvalue weighted by atomic mass is 10.0. The molecule has 0 spiro atoms. The Hall–Kier alpha value is -2.87. The molecule has 0 aromatic heterocycles. The fraction of sp³-hybridized carbons (Fsp3) is 0.250. The number of ether oxygens (including phenoxy) is 2. The van der Waals surface area contributed by atoms with Gasteiger partial charge in [0.05, 0.1) is 24.7 Å². The molecular weight excluding hydrogens is 414 g/mol. The van der Waals surface area contributed by atoms with E-state index in [9.17, 15) is 8.42 Å². The molecule has 0 saturated carbocycles. The largest absolute Gasteiger partial charge is 0.493 e. The fourth-order valence-electron chi connectivity index (χ4n) is 3.79. The quantitative estimate of drug-likeness (QED) is 0.554. The van der Waals surface area contributed by atoms with Crippen LogP contribution in [0.25, 0.3) is 0 Å². The zero-order valence-corrected chi connectivity index (χ0v) is 18.3. The van der Waals surface area contributed by atoms with Gasteiger partial charge in [0.2, 0.25) is 0 Å². The van der Waals surface area contributed by atoms with E-state index in [-0.39, 0.29) is 6.61 Å². The van der Waals surface area contributed by atoms with E-state index in [2.05, 4.69) is 0 Å². The smallest absolute Gasteiger partial charge is 0.185 e. The molecule has 0 N–H and O–H groups in total. The summed E-state index contributed by atoms with van der Waals surface area (Å²) in [6.45, 7) is 0.501. The molecule has 162 valence electrons. The molecule has 1 aliphatic rings. The zero-order valence-electron chi connectivity index (χ0n) is 17.5. The van der Waals surface area contributed by atoms with Gasteiger partial charge in [0.15, 0.2) is 21.3 Å². The van der Waals surface area contributed by atoms with E-state index < -0.39 is 21.1 Å². The van der Waals surface area contributed by atoms with Gasteiger partial charge in [-0.3, -0.25) is 4.84 Å². The minimum atomic E-state index is -3.58. The van der Waals surface area contributed by atoms with E-state index in [1.165, 1.54) is 0 Å². The van der Waals surface area contributed by atoms with Crippen LogP contribution in [0.4, 0.5) is 0 Å². The van der Waals surface area contributed by atoms with Crippen molar-refractivity contribution in [3.63, 3.8) is 0 Å². The molecule has 1 aliphatic heterocycles. The molecule has 1 heterocycles. The Morgan fingerprint density at radius 3 is 2.32 bits per heavy atom. The number of hydroxylamine groups is 2. The summed E-state index contributed by atoms with van der Waals surface area (Å²) in [5.41, 5.74) is 1.83. The van der Waals surface area contributed by atoms with Crippen LogP contribution in [0.2, 0.25) is 0 Å². The van der Waals surface area contributed by atoms with Gasteiger partial charge in [0.1, 0.15) is 11.9 Å². The van der Waals surface area contributed by atoms with Crippen LogP contribution in [-0.2, 0) is 21.3 Å². The summed E-state index contributed by atoms with van der Waals surface area (Å²) in [4.78, 5) is 5.92. The van der Waals surface area contributed by atoms with Crippen molar-refractivity contribution < 1.29 is 22.7 Å². The first-order valence-corrected chi connectivity index (χ1v) is 11.5. The maximum Gasteiger partial charge on any atom is 0.185 e. The van der Waals surface area contributed by atoms with Crippen molar-refractivity contribution >= 4 is 9.84 Å². The molecule has 7 heteroatoms. The van der Waals surface area contributed by atoms with E-state index in [0.717, 1.165) is 11.1 Å². The van der Waals surface area contributed by atoms with Crippen LogP contribution in [0.1, 0.15) is 17.2 Å². The van der Waals surface area contributed by atoms with Crippen LogP contribution in [0.3, 0.4) is 0 Å². The lowest BCUT2D eigenvalue weighted by molar-refractivity contribution is -0.110. The Morgan fingerprint density at radius 1 is 0.968 bits per heavy atom. The second-order valence-electron chi connectivity index (χ2n) is 7.37. The van der Waals surface area contributed by atoms with Gasteiger partial charge in [0, 0.05) is 7.05 Å². The third-order valence-corrected chi connectivity index (χ3v) is 7.54. The minimum absolute atomic E-state index is 0.0902. The van der Waals surface area contributed by atoms with Crippen LogP contribution in [0.5, 0.6) is 11.5 Å². The van der Waals surface area contributed by atoms with Gasteiger partial charge in [-0.1, -0.05) is 54.6 Å². The summed E-state index contributed by atoms with van der Waals surface area (Å²) in [5, 5.41) is 0.866. The highest BCUT2D eigenvalue weighted by atomic mass is 32.2. The van der Waals surface area contributed by atoms with Crippen molar-refractivity contribution in [1.82, 2.24) is 5.06 Å². The number of sulfone groups is 1. The summed E-state index contributed by atoms with van der Waals surface area (Å²) in [5.74, 6) is 1.14. The van der Waals surface area contributed by atoms with Crippen molar-refractivity contribution in [2.75, 3.05) is 20.8 Å². The van der Waals surface area contributed by atoms with E-state index in [1.807, 2.05) is 48.5 Å². The molecule has 1 saturated heterocycles. The molecule has 1 fully saturated rings. The monoisotopic (exact) mass is 439 g/mol. The normalized spacial score (nSPS) is 19.3. The lowest BCUT2D eigenvalue weighted by Gasteiger charge is -2.24. The molecule has 0 bridgehead atoms. The Balaban J connectivity index is 1.61. The molecular formula is C24H25NO5S. The van der Waals surface area contributed by atoms with Crippen LogP contribution in [0.15, 0.2) is 83.8 Å². The molecule has 6 nitrogen and oxygen atoms in total. The van der Waals surface area contributed by atoms with Crippen LogP contribution in [-0.4, -0.2) is 39.5 Å². The van der Waals surface area contributed by atoms with Gasteiger partial charge >= 0.3 is 0 Å². The number of rotatable bonds is 7. The highest BCUT2D eigenvalue weighted by molar-refractivity contribution is 7.92. The third-order valence-electron chi connectivity index (χ3n) is 5.42. The molecule has 0 unspecified atom stereocenters. The second-order valence-corrected chi connectivity index (χ2v) is 9.53. The second kappa shape index (κ2) is 9.09. The summed E-state index contributed by atoms with van der Waals surface area (Å²) < 4.78 is 38.0. The van der Waals surface area contributed by atoms with Gasteiger partial charge in [0.25, 0.3) is 0 Å². The number of hydrogen-bond acceptors (Lipinski definition) is 6. The first kappa shape index (κ1) is 21.4. The van der Waals surface area contributed by atoms with Gasteiger partial charge in [-0.2, -0.15) is 5.06 Å². The summed E-state index contributed by atoms with van der Waals surface area (Å²) in [7, 11) is -0.265. The summed E-state index contributed by atoms with van der Waals surface area (Å²) >= 11 is 0. The van der Waals surface area contributed by atoms with E-state index in [1.54, 1.807) is 49.6 Å². The molecule has 0 aliphatic carbocycles. The first-order chi connectivity index (χ1) is 15.0. The Bertz CT molecular complexity index is 1120. The molecule has 31 heavy (non-hydrogen) atoms. The van der Waals surface area contributed by atoms with E-state index in [0.29, 0.717) is 23.0 Å². The number of hydrogen-bond donors (Lipinski definition) is 0. The van der Waals surface area contributed by atoms with Crippen LogP contribution < -0.4 is 9.47 Å². The molecule has 3 aromatic carbocycles. The molecule has 4 rings (SSSR count). The lowest BCUT2D eigenvalue weighted by Crippen LogP contribution is -2.31. The SMILES string of the molecule is COc1cc([C@H]2[C@H](S(=O)(=O)c3ccccc3)CON2C)ccc1OCc1ccccc1. The first-order valence-electron chi connectivity index (χ1n) is 10.00. The Morgan fingerprint density at radius 2 is 1.65 bits per heavy atom. The molecule has 0 radical (unpaired) electrons. The molecule has 3 aromatic rings. The zero-order chi connectivity index (χ0) is 21.8. The van der Waals surface area contributed by atoms with Crippen molar-refractivity contribution in [2.24, 2.45) is 0 Å². The maximum atomic E-state index is 13.3. The van der Waals surface area contributed by atoms with Crippen molar-refractivity contribution in [3.05, 3.63) is 90.0 Å². The van der Waals surface area contributed by atoms with Gasteiger partial charge < -0.3 is 9.47 Å². The Kier molecular flexibility index (Phi) is 6.27. The van der Waals surface area contributed by atoms with Gasteiger partial charge in [-0.15, -0.1) is 0 Å². The average Bonchev–Trinajstić information content (AvgIpc) is 3.21. The highest BCUT2D eigenvalue weighted by Gasteiger charge is 2.44. The molecule has 0 amide bonds. The number of methoxy groups -OCH3 is 1. The van der Waals surface area contributed by atoms with Gasteiger partial charge in [-0.05, 0) is 35.4 Å². The van der Waals surface area contributed by atoms with Crippen molar-refractivity contribution in [3.8, 4) is 11.5 Å². The number of benzene rings is 3. The topological polar surface area (TPSA) is 65.1 Å². The fourth-order valence-corrected chi connectivity index (χ4v) is 5.58. The predicted molar refractivity (Wildman–Crippen MR) is 118 cm³/mol. The van der Waals surface area contributed by atoms with E-state index in [4.69, 9.17) is 14.3 Å². The summed E-state index contributed by atoms with van der Waals surface area (Å²) in [6, 6.07) is 23.4. The standard InChI is InChI=1S/C24H25NO5S/c1-25-24(23(17-30-25)31(26,27)20-11-7-4-8-12-20)19-13-14-21(22(15-19)28-2)29-16-18-9-5-3-6-10-18/h3-15,23-24H,16-17H2,1-2H3/t23-,24+/m1/s1. The Labute approximate surface area is 182 Å². The average molecular weight is 440 g/mol. The minimum Gasteiger partial charge on any atom is -0.493 e. The highest BCUT2D eigenvalue weighted by Crippen LogP contribution is 2.39. The molecule has 2 atom stereocenters. The predicted octanol–water partition coefficient (Wildman–Crippen LogP) is 4.03. The van der Waals surface area contributed by atoms with Crippen LogP contribution in [0, 0.1) is 0 Å². The maximum absolute atomic E-state index is 13.3. The van der Waals surface area contributed by atoms with E-state index >= 15 is 0 Å².